The van der Waals surface area contributed by atoms with Gasteiger partial charge in [-0.1, -0.05) is 44.2 Å². The van der Waals surface area contributed by atoms with Gasteiger partial charge in [-0.05, 0) is 19.4 Å². The van der Waals surface area contributed by atoms with E-state index in [1.807, 2.05) is 58.0 Å². The highest BCUT2D eigenvalue weighted by molar-refractivity contribution is 5.66. The Kier molecular flexibility index (Phi) is 5.68. The van der Waals surface area contributed by atoms with Crippen molar-refractivity contribution in [2.75, 3.05) is 0 Å². The fraction of sp³-hybridized carbons (Fsp3) is 0.462. The van der Waals surface area contributed by atoms with Crippen LogP contribution in [0.5, 0.6) is 0 Å². The highest BCUT2D eigenvalue weighted by Crippen LogP contribution is 2.23. The molecule has 2 heteroatoms. The largest absolute Gasteiger partial charge is 0.455 e. The van der Waals surface area contributed by atoms with Crippen LogP contribution in [-0.4, -0.2) is 5.97 Å². The molecule has 1 aromatic rings. The van der Waals surface area contributed by atoms with Crippen LogP contribution in [0.3, 0.4) is 0 Å². The summed E-state index contributed by atoms with van der Waals surface area (Å²) in [7, 11) is 0. The van der Waals surface area contributed by atoms with Gasteiger partial charge in [-0.3, -0.25) is 4.79 Å². The molecule has 0 aromatic heterocycles. The van der Waals surface area contributed by atoms with Gasteiger partial charge in [0.2, 0.25) is 0 Å². The lowest BCUT2D eigenvalue weighted by atomic mass is 9.98. The molecule has 0 saturated heterocycles. The summed E-state index contributed by atoms with van der Waals surface area (Å²) < 4.78 is 5.18. The third kappa shape index (κ3) is 4.63. The Bertz CT molecular complexity index is 289. The Labute approximate surface area is 92.3 Å². The minimum absolute atomic E-state index is 0.256. The van der Waals surface area contributed by atoms with Crippen LogP contribution in [0, 0.1) is 0 Å². The molecule has 0 heterocycles. The van der Waals surface area contributed by atoms with Crippen LogP contribution >= 0.6 is 0 Å². The number of hydrogen-bond acceptors (Lipinski definition) is 2. The van der Waals surface area contributed by atoms with E-state index in [-0.39, 0.29) is 5.97 Å². The average molecular weight is 208 g/mol. The van der Waals surface area contributed by atoms with Crippen LogP contribution in [0.2, 0.25) is 0 Å². The first kappa shape index (κ1) is 13.7. The van der Waals surface area contributed by atoms with Crippen molar-refractivity contribution in [3.05, 3.63) is 35.9 Å². The molecule has 0 unspecified atom stereocenters. The van der Waals surface area contributed by atoms with Crippen molar-refractivity contribution in [2.24, 2.45) is 0 Å². The maximum absolute atomic E-state index is 10.8. The predicted octanol–water partition coefficient (Wildman–Crippen LogP) is 3.51. The predicted molar refractivity (Wildman–Crippen MR) is 62.6 cm³/mol. The summed E-state index contributed by atoms with van der Waals surface area (Å²) in [5.74, 6) is -0.256. The molecule has 0 aliphatic heterocycles. The first-order valence-electron chi connectivity index (χ1n) is 5.27. The van der Waals surface area contributed by atoms with Crippen LogP contribution in [-0.2, 0) is 15.1 Å². The van der Waals surface area contributed by atoms with Crippen molar-refractivity contribution >= 4 is 5.97 Å². The van der Waals surface area contributed by atoms with Crippen LogP contribution < -0.4 is 0 Å². The smallest absolute Gasteiger partial charge is 0.303 e. The molecular formula is C13H20O2. The SMILES string of the molecule is CC.CC(=O)OC(C)(C)c1ccccc1. The number of esters is 1. The number of carbonyl (C=O) groups excluding carboxylic acids is 1. The number of ether oxygens (including phenoxy) is 1. The Balaban J connectivity index is 0.000000921. The van der Waals surface area contributed by atoms with Crippen LogP contribution in [0.25, 0.3) is 0 Å². The second-order valence-corrected chi connectivity index (χ2v) is 3.47. The first-order valence-corrected chi connectivity index (χ1v) is 5.27. The zero-order valence-corrected chi connectivity index (χ0v) is 10.2. The third-order valence-electron chi connectivity index (χ3n) is 1.87. The molecule has 0 N–H and O–H groups in total. The monoisotopic (exact) mass is 208 g/mol. The highest BCUT2D eigenvalue weighted by atomic mass is 16.6. The molecule has 0 radical (unpaired) electrons. The van der Waals surface area contributed by atoms with Crippen LogP contribution in [0.15, 0.2) is 30.3 Å². The van der Waals surface area contributed by atoms with Gasteiger partial charge in [0.1, 0.15) is 5.60 Å². The van der Waals surface area contributed by atoms with Gasteiger partial charge in [0, 0.05) is 6.92 Å². The van der Waals surface area contributed by atoms with Gasteiger partial charge in [-0.25, -0.2) is 0 Å². The molecule has 0 aliphatic rings. The van der Waals surface area contributed by atoms with E-state index in [0.717, 1.165) is 5.56 Å². The summed E-state index contributed by atoms with van der Waals surface area (Å²) in [4.78, 5) is 10.8. The summed E-state index contributed by atoms with van der Waals surface area (Å²) in [5.41, 5.74) is 0.470. The molecule has 15 heavy (non-hydrogen) atoms. The van der Waals surface area contributed by atoms with Gasteiger partial charge in [-0.2, -0.15) is 0 Å². The molecule has 1 aromatic carbocycles. The van der Waals surface area contributed by atoms with Crippen molar-refractivity contribution in [1.29, 1.82) is 0 Å². The highest BCUT2D eigenvalue weighted by Gasteiger charge is 2.22. The second-order valence-electron chi connectivity index (χ2n) is 3.47. The van der Waals surface area contributed by atoms with Gasteiger partial charge >= 0.3 is 5.97 Å². The number of rotatable bonds is 2. The zero-order valence-electron chi connectivity index (χ0n) is 10.2. The summed E-state index contributed by atoms with van der Waals surface area (Å²) >= 11 is 0. The van der Waals surface area contributed by atoms with Crippen LogP contribution in [0.4, 0.5) is 0 Å². The fourth-order valence-electron chi connectivity index (χ4n) is 1.26. The third-order valence-corrected chi connectivity index (χ3v) is 1.87. The van der Waals surface area contributed by atoms with Crippen molar-refractivity contribution in [2.45, 2.75) is 40.2 Å². The molecule has 0 spiro atoms. The first-order chi connectivity index (χ1) is 7.02. The number of carbonyl (C=O) groups is 1. The van der Waals surface area contributed by atoms with E-state index in [1.54, 1.807) is 0 Å². The molecule has 0 aliphatic carbocycles. The molecular weight excluding hydrogens is 188 g/mol. The molecule has 0 atom stereocenters. The fourth-order valence-corrected chi connectivity index (χ4v) is 1.26. The molecule has 0 amide bonds. The summed E-state index contributed by atoms with van der Waals surface area (Å²) in [6.07, 6.45) is 0. The second kappa shape index (κ2) is 6.23. The molecule has 2 nitrogen and oxygen atoms in total. The van der Waals surface area contributed by atoms with Gasteiger partial charge in [0.15, 0.2) is 0 Å². The Morgan fingerprint density at radius 3 is 2.00 bits per heavy atom. The maximum Gasteiger partial charge on any atom is 0.303 e. The topological polar surface area (TPSA) is 26.3 Å². The van der Waals surface area contributed by atoms with Crippen molar-refractivity contribution in [3.63, 3.8) is 0 Å². The van der Waals surface area contributed by atoms with E-state index in [9.17, 15) is 4.79 Å². The van der Waals surface area contributed by atoms with Crippen molar-refractivity contribution in [1.82, 2.24) is 0 Å². The molecule has 84 valence electrons. The van der Waals surface area contributed by atoms with E-state index in [2.05, 4.69) is 0 Å². The molecule has 0 bridgehead atoms. The lowest BCUT2D eigenvalue weighted by Gasteiger charge is -2.24. The van der Waals surface area contributed by atoms with E-state index in [4.69, 9.17) is 4.74 Å². The lowest BCUT2D eigenvalue weighted by molar-refractivity contribution is -0.154. The summed E-state index contributed by atoms with van der Waals surface area (Å²) in [6, 6.07) is 9.69. The van der Waals surface area contributed by atoms with E-state index in [1.165, 1.54) is 6.92 Å². The van der Waals surface area contributed by atoms with E-state index >= 15 is 0 Å². The van der Waals surface area contributed by atoms with Gasteiger partial charge in [0.05, 0.1) is 0 Å². The summed E-state index contributed by atoms with van der Waals surface area (Å²) in [6.45, 7) is 9.18. The number of hydrogen-bond donors (Lipinski definition) is 0. The van der Waals surface area contributed by atoms with Crippen LogP contribution in [0.1, 0.15) is 40.2 Å². The maximum atomic E-state index is 10.8. The number of benzene rings is 1. The minimum Gasteiger partial charge on any atom is -0.455 e. The van der Waals surface area contributed by atoms with Gasteiger partial charge in [-0.15, -0.1) is 0 Å². The van der Waals surface area contributed by atoms with Crippen molar-refractivity contribution in [3.8, 4) is 0 Å². The average Bonchev–Trinajstić information content (AvgIpc) is 2.20. The quantitative estimate of drug-likeness (QED) is 0.695. The Hall–Kier alpha value is -1.31. The van der Waals surface area contributed by atoms with Crippen molar-refractivity contribution < 1.29 is 9.53 Å². The Morgan fingerprint density at radius 2 is 1.60 bits per heavy atom. The van der Waals surface area contributed by atoms with Gasteiger partial charge in [0.25, 0.3) is 0 Å². The lowest BCUT2D eigenvalue weighted by Crippen LogP contribution is -2.23. The summed E-state index contributed by atoms with van der Waals surface area (Å²) in [5, 5.41) is 0. The normalized spacial score (nSPS) is 9.93. The van der Waals surface area contributed by atoms with E-state index < -0.39 is 5.60 Å². The molecule has 1 rings (SSSR count). The standard InChI is InChI=1S/C11H14O2.C2H6/c1-9(12)13-11(2,3)10-7-5-4-6-8-10;1-2/h4-8H,1-3H3;1-2H3. The van der Waals surface area contributed by atoms with Gasteiger partial charge < -0.3 is 4.74 Å². The molecule has 0 fully saturated rings. The zero-order chi connectivity index (χ0) is 11.9. The molecule has 0 saturated carbocycles. The Morgan fingerprint density at radius 1 is 1.13 bits per heavy atom. The van der Waals surface area contributed by atoms with E-state index in [0.29, 0.717) is 0 Å². The minimum atomic E-state index is -0.535.